The maximum absolute atomic E-state index is 12.3. The van der Waals surface area contributed by atoms with Gasteiger partial charge >= 0.3 is 0 Å². The first-order valence-corrected chi connectivity index (χ1v) is 8.96. The molecule has 1 aromatic rings. The topological polar surface area (TPSA) is 64.0 Å². The maximum Gasteiger partial charge on any atom is 0.260 e. The normalized spacial score (nSPS) is 12.9. The minimum atomic E-state index is -3.56. The van der Waals surface area contributed by atoms with Gasteiger partial charge in [0.15, 0.2) is 5.03 Å². The Bertz CT molecular complexity index is 523. The van der Waals surface area contributed by atoms with Crippen LogP contribution in [0.2, 0.25) is 0 Å². The molecule has 1 heterocycles. The molecule has 0 fully saturated rings. The molecule has 19 heavy (non-hydrogen) atoms. The fraction of sp³-hybridized carbons (Fsp3) is 0.750. The quantitative estimate of drug-likeness (QED) is 0.767. The van der Waals surface area contributed by atoms with Crippen molar-refractivity contribution in [1.82, 2.24) is 14.3 Å². The number of rotatable bonds is 7. The molecule has 0 bridgehead atoms. The molecular weight excluding hydrogens is 330 g/mol. The van der Waals surface area contributed by atoms with Gasteiger partial charge in [0.2, 0.25) is 0 Å². The van der Waals surface area contributed by atoms with Crippen LogP contribution in [0.3, 0.4) is 0 Å². The van der Waals surface area contributed by atoms with Gasteiger partial charge in [-0.1, -0.05) is 22.9 Å². The summed E-state index contributed by atoms with van der Waals surface area (Å²) in [7, 11) is -3.56. The Labute approximate surface area is 124 Å². The maximum atomic E-state index is 12.3. The molecule has 0 aliphatic rings. The van der Waals surface area contributed by atoms with E-state index in [1.807, 2.05) is 32.3 Å². The zero-order valence-electron chi connectivity index (χ0n) is 11.9. The lowest BCUT2D eigenvalue weighted by Crippen LogP contribution is -2.43. The van der Waals surface area contributed by atoms with Gasteiger partial charge in [-0.2, -0.15) is 0 Å². The first kappa shape index (κ1) is 16.7. The van der Waals surface area contributed by atoms with Crippen molar-refractivity contribution in [2.24, 2.45) is 0 Å². The van der Waals surface area contributed by atoms with Crippen molar-refractivity contribution in [2.75, 3.05) is 5.33 Å². The fourth-order valence-electron chi connectivity index (χ4n) is 1.78. The number of imidazole rings is 1. The predicted octanol–water partition coefficient (Wildman–Crippen LogP) is 2.44. The summed E-state index contributed by atoms with van der Waals surface area (Å²) >= 11 is 3.33. The molecular formula is C12H22BrN3O2S. The second-order valence-corrected chi connectivity index (χ2v) is 7.67. The van der Waals surface area contributed by atoms with Gasteiger partial charge in [-0.05, 0) is 33.6 Å². The molecule has 110 valence electrons. The Kier molecular flexibility index (Phi) is 5.58. The standard InChI is InChI=1S/C12H22BrN3O2S/c1-5-8-16-9-11(14-10(16)2)19(17,18)15-12(3,4)6-7-13/h9,15H,5-8H2,1-4H3. The molecule has 0 saturated heterocycles. The van der Waals surface area contributed by atoms with Crippen molar-refractivity contribution < 1.29 is 8.42 Å². The molecule has 1 N–H and O–H groups in total. The van der Waals surface area contributed by atoms with Gasteiger partial charge < -0.3 is 4.57 Å². The van der Waals surface area contributed by atoms with Gasteiger partial charge in [-0.15, -0.1) is 0 Å². The summed E-state index contributed by atoms with van der Waals surface area (Å²) in [5.74, 6) is 0.723. The molecule has 0 aliphatic heterocycles. The summed E-state index contributed by atoms with van der Waals surface area (Å²) in [5, 5.41) is 0.840. The highest BCUT2D eigenvalue weighted by Gasteiger charge is 2.27. The van der Waals surface area contributed by atoms with E-state index in [1.54, 1.807) is 6.20 Å². The van der Waals surface area contributed by atoms with E-state index in [0.717, 1.165) is 24.1 Å². The molecule has 0 aliphatic carbocycles. The molecule has 0 aromatic carbocycles. The molecule has 1 aromatic heterocycles. The molecule has 0 amide bonds. The van der Waals surface area contributed by atoms with Crippen LogP contribution in [-0.4, -0.2) is 28.8 Å². The monoisotopic (exact) mass is 351 g/mol. The van der Waals surface area contributed by atoms with E-state index in [0.29, 0.717) is 6.42 Å². The Morgan fingerprint density at radius 3 is 2.63 bits per heavy atom. The average Bonchev–Trinajstić information content (AvgIpc) is 2.60. The van der Waals surface area contributed by atoms with Crippen LogP contribution in [0.5, 0.6) is 0 Å². The van der Waals surface area contributed by atoms with E-state index in [4.69, 9.17) is 0 Å². The second-order valence-electron chi connectivity index (χ2n) is 5.25. The van der Waals surface area contributed by atoms with E-state index < -0.39 is 15.6 Å². The molecule has 0 spiro atoms. The van der Waals surface area contributed by atoms with Crippen molar-refractivity contribution >= 4 is 26.0 Å². The number of aromatic nitrogens is 2. The van der Waals surface area contributed by atoms with Crippen LogP contribution in [0.25, 0.3) is 0 Å². The number of sulfonamides is 1. The van der Waals surface area contributed by atoms with Crippen LogP contribution >= 0.6 is 15.9 Å². The molecule has 0 atom stereocenters. The van der Waals surface area contributed by atoms with Crippen molar-refractivity contribution in [3.63, 3.8) is 0 Å². The van der Waals surface area contributed by atoms with Gasteiger partial charge in [0.25, 0.3) is 10.0 Å². The Morgan fingerprint density at radius 1 is 1.47 bits per heavy atom. The number of hydrogen-bond acceptors (Lipinski definition) is 3. The molecule has 1 rings (SSSR count). The average molecular weight is 352 g/mol. The number of alkyl halides is 1. The van der Waals surface area contributed by atoms with Crippen LogP contribution in [0.1, 0.15) is 39.4 Å². The van der Waals surface area contributed by atoms with Crippen molar-refractivity contribution in [3.05, 3.63) is 12.0 Å². The van der Waals surface area contributed by atoms with E-state index in [2.05, 4.69) is 25.6 Å². The lowest BCUT2D eigenvalue weighted by atomic mass is 10.0. The highest BCUT2D eigenvalue weighted by molar-refractivity contribution is 9.09. The highest BCUT2D eigenvalue weighted by atomic mass is 79.9. The second kappa shape index (κ2) is 6.37. The number of halogens is 1. The van der Waals surface area contributed by atoms with Gasteiger partial charge in [0.1, 0.15) is 5.82 Å². The highest BCUT2D eigenvalue weighted by Crippen LogP contribution is 2.16. The number of aryl methyl sites for hydroxylation is 2. The van der Waals surface area contributed by atoms with Crippen molar-refractivity contribution in [3.8, 4) is 0 Å². The number of nitrogens with zero attached hydrogens (tertiary/aromatic N) is 2. The summed E-state index contributed by atoms with van der Waals surface area (Å²) < 4.78 is 29.1. The van der Waals surface area contributed by atoms with Gasteiger partial charge in [-0.25, -0.2) is 18.1 Å². The molecule has 7 heteroatoms. The molecule has 0 unspecified atom stereocenters. The minimum Gasteiger partial charge on any atom is -0.334 e. The zero-order valence-corrected chi connectivity index (χ0v) is 14.3. The van der Waals surface area contributed by atoms with Crippen molar-refractivity contribution in [2.45, 2.75) is 57.6 Å². The molecule has 0 radical (unpaired) electrons. The van der Waals surface area contributed by atoms with Gasteiger partial charge in [0.05, 0.1) is 0 Å². The van der Waals surface area contributed by atoms with Crippen LogP contribution in [0.15, 0.2) is 11.2 Å². The van der Waals surface area contributed by atoms with Crippen LogP contribution < -0.4 is 4.72 Å². The third-order valence-corrected chi connectivity index (χ3v) is 4.79. The summed E-state index contributed by atoms with van der Waals surface area (Å²) in [6.07, 6.45) is 3.26. The number of nitrogens with one attached hydrogen (secondary N) is 1. The summed E-state index contributed by atoms with van der Waals surface area (Å²) in [4.78, 5) is 4.15. The van der Waals surface area contributed by atoms with E-state index in [1.165, 1.54) is 0 Å². The minimum absolute atomic E-state index is 0.0982. The summed E-state index contributed by atoms with van der Waals surface area (Å²) in [6.45, 7) is 8.37. The molecule has 5 nitrogen and oxygen atoms in total. The third-order valence-electron chi connectivity index (χ3n) is 2.82. The first-order chi connectivity index (χ1) is 8.72. The number of hydrogen-bond donors (Lipinski definition) is 1. The Balaban J connectivity index is 2.97. The van der Waals surface area contributed by atoms with Crippen LogP contribution in [0, 0.1) is 6.92 Å². The van der Waals surface area contributed by atoms with E-state index in [-0.39, 0.29) is 5.03 Å². The lowest BCUT2D eigenvalue weighted by molar-refractivity contribution is 0.442. The van der Waals surface area contributed by atoms with E-state index in [9.17, 15) is 8.42 Å². The molecule has 0 saturated carbocycles. The SMILES string of the molecule is CCCn1cc(S(=O)(=O)NC(C)(C)CCBr)nc1C. The van der Waals surface area contributed by atoms with Gasteiger partial charge in [-0.3, -0.25) is 0 Å². The fourth-order valence-corrected chi connectivity index (χ4v) is 4.22. The summed E-state index contributed by atoms with van der Waals surface area (Å²) in [5.41, 5.74) is -0.495. The van der Waals surface area contributed by atoms with Crippen molar-refractivity contribution in [1.29, 1.82) is 0 Å². The zero-order chi connectivity index (χ0) is 14.7. The Hall–Kier alpha value is -0.400. The predicted molar refractivity (Wildman–Crippen MR) is 80.1 cm³/mol. The first-order valence-electron chi connectivity index (χ1n) is 6.35. The third kappa shape index (κ3) is 4.57. The summed E-state index contributed by atoms with van der Waals surface area (Å²) in [6, 6.07) is 0. The Morgan fingerprint density at radius 2 is 2.11 bits per heavy atom. The van der Waals surface area contributed by atoms with Crippen LogP contribution in [0.4, 0.5) is 0 Å². The largest absolute Gasteiger partial charge is 0.334 e. The smallest absolute Gasteiger partial charge is 0.260 e. The van der Waals surface area contributed by atoms with E-state index >= 15 is 0 Å². The lowest BCUT2D eigenvalue weighted by Gasteiger charge is -2.24. The van der Waals surface area contributed by atoms with Gasteiger partial charge in [0, 0.05) is 23.6 Å². The van der Waals surface area contributed by atoms with Crippen LogP contribution in [-0.2, 0) is 16.6 Å².